The summed E-state index contributed by atoms with van der Waals surface area (Å²) >= 11 is 0. The van der Waals surface area contributed by atoms with Gasteiger partial charge in [-0.2, -0.15) is 10.2 Å². The van der Waals surface area contributed by atoms with E-state index < -0.39 is 0 Å². The van der Waals surface area contributed by atoms with Gasteiger partial charge in [0.25, 0.3) is 0 Å². The maximum atomic E-state index is 5.02. The van der Waals surface area contributed by atoms with Gasteiger partial charge in [-0.25, -0.2) is 0 Å². The van der Waals surface area contributed by atoms with Gasteiger partial charge in [-0.3, -0.25) is 0 Å². The molecule has 2 aromatic heterocycles. The van der Waals surface area contributed by atoms with Crippen LogP contribution in [-0.2, 0) is 6.54 Å². The van der Waals surface area contributed by atoms with Crippen LogP contribution < -0.4 is 5.32 Å². The van der Waals surface area contributed by atoms with Gasteiger partial charge >= 0.3 is 0 Å². The topological polar surface area (TPSA) is 63.8 Å². The molecule has 0 unspecified atom stereocenters. The molecule has 0 spiro atoms. The molecule has 5 nitrogen and oxygen atoms in total. The number of rotatable bonds is 3. The molecule has 0 aliphatic carbocycles. The number of aromatic nitrogens is 3. The largest absolute Gasteiger partial charge is 0.377 e. The first-order valence-corrected chi connectivity index (χ1v) is 5.69. The van der Waals surface area contributed by atoms with Gasteiger partial charge in [-0.1, -0.05) is 23.4 Å². The lowest BCUT2D eigenvalue weighted by Gasteiger charge is -2.06. The third-order valence-corrected chi connectivity index (χ3v) is 2.68. The molecule has 3 rings (SSSR count). The quantitative estimate of drug-likeness (QED) is 0.762. The van der Waals surface area contributed by atoms with Gasteiger partial charge in [0.05, 0.1) is 23.9 Å². The Labute approximate surface area is 104 Å². The molecule has 0 bridgehead atoms. The van der Waals surface area contributed by atoms with Crippen LogP contribution in [0.4, 0.5) is 5.69 Å². The Hall–Kier alpha value is -2.43. The molecule has 0 aliphatic rings. The van der Waals surface area contributed by atoms with Crippen LogP contribution in [0.1, 0.15) is 11.5 Å². The maximum absolute atomic E-state index is 5.02. The molecule has 0 atom stereocenters. The number of aryl methyl sites for hydroxylation is 1. The van der Waals surface area contributed by atoms with E-state index in [1.54, 1.807) is 6.20 Å². The predicted octanol–water partition coefficient (Wildman–Crippen LogP) is 2.54. The minimum Gasteiger partial charge on any atom is -0.377 e. The van der Waals surface area contributed by atoms with Crippen molar-refractivity contribution in [2.45, 2.75) is 13.5 Å². The summed E-state index contributed by atoms with van der Waals surface area (Å²) in [6.45, 7) is 2.48. The van der Waals surface area contributed by atoms with Crippen LogP contribution in [0.3, 0.4) is 0 Å². The first-order valence-electron chi connectivity index (χ1n) is 5.69. The van der Waals surface area contributed by atoms with E-state index in [0.29, 0.717) is 6.54 Å². The number of hydrogen-bond acceptors (Lipinski definition) is 5. The van der Waals surface area contributed by atoms with Crippen molar-refractivity contribution >= 4 is 16.6 Å². The lowest BCUT2D eigenvalue weighted by atomic mass is 10.2. The molecule has 0 amide bonds. The van der Waals surface area contributed by atoms with Gasteiger partial charge in [0.15, 0.2) is 0 Å². The molecule has 1 N–H and O–H groups in total. The van der Waals surface area contributed by atoms with Crippen LogP contribution in [0.15, 0.2) is 41.1 Å². The van der Waals surface area contributed by atoms with Gasteiger partial charge in [0.1, 0.15) is 11.5 Å². The second-order valence-corrected chi connectivity index (χ2v) is 4.06. The molecule has 0 saturated carbocycles. The molecular formula is C13H12N4O. The zero-order valence-corrected chi connectivity index (χ0v) is 9.92. The highest BCUT2D eigenvalue weighted by atomic mass is 16.5. The molecule has 0 saturated heterocycles. The van der Waals surface area contributed by atoms with Crippen molar-refractivity contribution in [3.05, 3.63) is 48.0 Å². The molecule has 90 valence electrons. The number of nitrogens with one attached hydrogen (secondary N) is 1. The minimum absolute atomic E-state index is 0.604. The van der Waals surface area contributed by atoms with E-state index in [4.69, 9.17) is 4.52 Å². The van der Waals surface area contributed by atoms with Crippen LogP contribution in [0, 0.1) is 6.92 Å². The Balaban J connectivity index is 1.86. The van der Waals surface area contributed by atoms with E-state index in [0.717, 1.165) is 28.0 Å². The van der Waals surface area contributed by atoms with Crippen molar-refractivity contribution in [1.29, 1.82) is 0 Å². The van der Waals surface area contributed by atoms with Crippen LogP contribution in [-0.4, -0.2) is 15.4 Å². The van der Waals surface area contributed by atoms with Gasteiger partial charge < -0.3 is 9.84 Å². The van der Waals surface area contributed by atoms with Gasteiger partial charge in [0.2, 0.25) is 0 Å². The molecule has 0 fully saturated rings. The first-order chi connectivity index (χ1) is 8.83. The summed E-state index contributed by atoms with van der Waals surface area (Å²) < 4.78 is 5.02. The summed E-state index contributed by atoms with van der Waals surface area (Å²) in [5.74, 6) is 0.810. The van der Waals surface area contributed by atoms with E-state index in [1.807, 2.05) is 37.3 Å². The molecule has 5 heteroatoms. The Morgan fingerprint density at radius 3 is 3.00 bits per heavy atom. The Bertz CT molecular complexity index is 672. The Morgan fingerprint density at radius 1 is 1.28 bits per heavy atom. The highest BCUT2D eigenvalue weighted by Gasteiger charge is 2.04. The first kappa shape index (κ1) is 10.7. The summed E-state index contributed by atoms with van der Waals surface area (Å²) in [5.41, 5.74) is 2.69. The SMILES string of the molecule is Cc1cc(CNc2cnnc3ccccc23)no1. The summed E-state index contributed by atoms with van der Waals surface area (Å²) in [6, 6.07) is 9.79. The normalized spacial score (nSPS) is 10.7. The van der Waals surface area contributed by atoms with E-state index in [2.05, 4.69) is 20.7 Å². The fraction of sp³-hybridized carbons (Fsp3) is 0.154. The van der Waals surface area contributed by atoms with Crippen molar-refractivity contribution in [2.75, 3.05) is 5.32 Å². The van der Waals surface area contributed by atoms with E-state index in [-0.39, 0.29) is 0 Å². The minimum atomic E-state index is 0.604. The van der Waals surface area contributed by atoms with Crippen LogP contribution in [0.5, 0.6) is 0 Å². The van der Waals surface area contributed by atoms with E-state index in [1.165, 1.54) is 0 Å². The smallest absolute Gasteiger partial charge is 0.133 e. The van der Waals surface area contributed by atoms with Crippen LogP contribution in [0.2, 0.25) is 0 Å². The fourth-order valence-electron chi connectivity index (χ4n) is 1.83. The van der Waals surface area contributed by atoms with Crippen molar-refractivity contribution in [3.8, 4) is 0 Å². The van der Waals surface area contributed by atoms with Gasteiger partial charge in [-0.05, 0) is 13.0 Å². The average Bonchev–Trinajstić information content (AvgIpc) is 2.82. The number of nitrogens with zero attached hydrogens (tertiary/aromatic N) is 3. The van der Waals surface area contributed by atoms with Crippen LogP contribution in [0.25, 0.3) is 10.9 Å². The average molecular weight is 240 g/mol. The zero-order valence-electron chi connectivity index (χ0n) is 9.92. The van der Waals surface area contributed by atoms with Crippen LogP contribution >= 0.6 is 0 Å². The predicted molar refractivity (Wildman–Crippen MR) is 68.1 cm³/mol. The van der Waals surface area contributed by atoms with Gasteiger partial charge in [0, 0.05) is 11.5 Å². The number of hydrogen-bond donors (Lipinski definition) is 1. The summed E-state index contributed by atoms with van der Waals surface area (Å²) in [4.78, 5) is 0. The second kappa shape index (κ2) is 4.44. The molecule has 0 aliphatic heterocycles. The van der Waals surface area contributed by atoms with Crippen molar-refractivity contribution in [1.82, 2.24) is 15.4 Å². The maximum Gasteiger partial charge on any atom is 0.133 e. The van der Waals surface area contributed by atoms with E-state index >= 15 is 0 Å². The zero-order chi connectivity index (χ0) is 12.4. The fourth-order valence-corrected chi connectivity index (χ4v) is 1.83. The van der Waals surface area contributed by atoms with Crippen molar-refractivity contribution in [3.63, 3.8) is 0 Å². The molecular weight excluding hydrogens is 228 g/mol. The molecule has 1 aromatic carbocycles. The molecule has 18 heavy (non-hydrogen) atoms. The van der Waals surface area contributed by atoms with Crippen molar-refractivity contribution < 1.29 is 4.52 Å². The highest BCUT2D eigenvalue weighted by molar-refractivity contribution is 5.90. The molecule has 2 heterocycles. The summed E-state index contributed by atoms with van der Waals surface area (Å²) in [6.07, 6.45) is 1.72. The second-order valence-electron chi connectivity index (χ2n) is 4.06. The number of anilines is 1. The standard InChI is InChI=1S/C13H12N4O/c1-9-6-10(17-18-9)7-14-13-8-15-16-12-5-3-2-4-11(12)13/h2-6,8H,7H2,1H3,(H,14,16). The monoisotopic (exact) mass is 240 g/mol. The number of benzene rings is 1. The lowest BCUT2D eigenvalue weighted by Crippen LogP contribution is -2.01. The molecule has 3 aromatic rings. The molecule has 0 radical (unpaired) electrons. The van der Waals surface area contributed by atoms with Gasteiger partial charge in [-0.15, -0.1) is 0 Å². The highest BCUT2D eigenvalue weighted by Crippen LogP contribution is 2.20. The number of fused-ring (bicyclic) bond motifs is 1. The van der Waals surface area contributed by atoms with E-state index in [9.17, 15) is 0 Å². The third-order valence-electron chi connectivity index (χ3n) is 2.68. The Kier molecular flexibility index (Phi) is 2.64. The summed E-state index contributed by atoms with van der Waals surface area (Å²) in [7, 11) is 0. The van der Waals surface area contributed by atoms with Crippen molar-refractivity contribution in [2.24, 2.45) is 0 Å². The lowest BCUT2D eigenvalue weighted by molar-refractivity contribution is 0.391. The summed E-state index contributed by atoms with van der Waals surface area (Å²) in [5, 5.41) is 16.3. The Morgan fingerprint density at radius 2 is 2.17 bits per heavy atom. The third kappa shape index (κ3) is 2.02.